The molecule has 1 aliphatic carbocycles. The predicted octanol–water partition coefficient (Wildman–Crippen LogP) is 2.58. The van der Waals surface area contributed by atoms with Gasteiger partial charge < -0.3 is 5.11 Å². The second-order valence-corrected chi connectivity index (χ2v) is 3.58. The first-order valence-electron chi connectivity index (χ1n) is 4.28. The van der Waals surface area contributed by atoms with Crippen LogP contribution in [-0.4, -0.2) is 23.1 Å². The SMILES string of the molecule is OC1(C(F)(F)F)CCCCC(F)C1. The summed E-state index contributed by atoms with van der Waals surface area (Å²) in [5, 5.41) is 9.19. The Morgan fingerprint density at radius 1 is 1.23 bits per heavy atom. The van der Waals surface area contributed by atoms with Gasteiger partial charge in [0.15, 0.2) is 5.60 Å². The lowest BCUT2D eigenvalue weighted by molar-refractivity contribution is -0.267. The van der Waals surface area contributed by atoms with E-state index in [2.05, 4.69) is 0 Å². The van der Waals surface area contributed by atoms with Crippen LogP contribution in [0.5, 0.6) is 0 Å². The highest BCUT2D eigenvalue weighted by atomic mass is 19.4. The molecule has 0 amide bonds. The lowest BCUT2D eigenvalue weighted by Crippen LogP contribution is -2.46. The summed E-state index contributed by atoms with van der Waals surface area (Å²) in [5.74, 6) is 0. The van der Waals surface area contributed by atoms with Crippen molar-refractivity contribution in [3.8, 4) is 0 Å². The number of alkyl halides is 4. The number of hydrogen-bond donors (Lipinski definition) is 1. The molecular formula is C8H12F4O. The minimum atomic E-state index is -4.71. The van der Waals surface area contributed by atoms with E-state index in [1.807, 2.05) is 0 Å². The van der Waals surface area contributed by atoms with Gasteiger partial charge in [-0.2, -0.15) is 13.2 Å². The Morgan fingerprint density at radius 3 is 2.38 bits per heavy atom. The van der Waals surface area contributed by atoms with Gasteiger partial charge in [0.25, 0.3) is 0 Å². The van der Waals surface area contributed by atoms with Crippen LogP contribution in [0.25, 0.3) is 0 Å². The van der Waals surface area contributed by atoms with Crippen LogP contribution in [0.1, 0.15) is 32.1 Å². The van der Waals surface area contributed by atoms with E-state index in [4.69, 9.17) is 0 Å². The van der Waals surface area contributed by atoms with E-state index in [-0.39, 0.29) is 19.3 Å². The molecular weight excluding hydrogens is 188 g/mol. The highest BCUT2D eigenvalue weighted by Crippen LogP contribution is 2.41. The molecule has 1 aliphatic rings. The molecule has 0 radical (unpaired) electrons. The van der Waals surface area contributed by atoms with Gasteiger partial charge in [-0.15, -0.1) is 0 Å². The zero-order chi connectivity index (χ0) is 10.1. The van der Waals surface area contributed by atoms with E-state index >= 15 is 0 Å². The molecule has 1 nitrogen and oxygen atoms in total. The normalized spacial score (nSPS) is 37.2. The molecule has 1 saturated carbocycles. The third kappa shape index (κ3) is 2.33. The van der Waals surface area contributed by atoms with E-state index in [0.29, 0.717) is 6.42 Å². The van der Waals surface area contributed by atoms with Crippen LogP contribution in [0.3, 0.4) is 0 Å². The van der Waals surface area contributed by atoms with E-state index in [0.717, 1.165) is 0 Å². The second-order valence-electron chi connectivity index (χ2n) is 3.58. The van der Waals surface area contributed by atoms with Crippen molar-refractivity contribution in [2.24, 2.45) is 0 Å². The standard InChI is InChI=1S/C8H12F4O/c9-6-3-1-2-4-7(13,5-6)8(10,11)12/h6,13H,1-5H2. The maximum Gasteiger partial charge on any atom is 0.417 e. The van der Waals surface area contributed by atoms with Crippen molar-refractivity contribution in [3.05, 3.63) is 0 Å². The van der Waals surface area contributed by atoms with Crippen molar-refractivity contribution in [3.63, 3.8) is 0 Å². The molecule has 1 rings (SSSR count). The summed E-state index contributed by atoms with van der Waals surface area (Å²) in [6.07, 6.45) is -6.65. The Morgan fingerprint density at radius 2 is 1.85 bits per heavy atom. The summed E-state index contributed by atoms with van der Waals surface area (Å²) in [4.78, 5) is 0. The molecule has 0 aromatic heterocycles. The average Bonchev–Trinajstić information content (AvgIpc) is 2.10. The molecule has 0 bridgehead atoms. The quantitative estimate of drug-likeness (QED) is 0.470. The van der Waals surface area contributed by atoms with E-state index in [1.165, 1.54) is 0 Å². The minimum Gasteiger partial charge on any atom is -0.380 e. The van der Waals surface area contributed by atoms with Crippen molar-refractivity contribution < 1.29 is 22.7 Å². The van der Waals surface area contributed by atoms with Crippen LogP contribution in [0.4, 0.5) is 17.6 Å². The molecule has 13 heavy (non-hydrogen) atoms. The average molecular weight is 200 g/mol. The summed E-state index contributed by atoms with van der Waals surface area (Å²) in [6.45, 7) is 0. The predicted molar refractivity (Wildman–Crippen MR) is 39.0 cm³/mol. The Kier molecular flexibility index (Phi) is 2.85. The zero-order valence-electron chi connectivity index (χ0n) is 7.07. The van der Waals surface area contributed by atoms with Crippen LogP contribution in [0.15, 0.2) is 0 Å². The molecule has 0 spiro atoms. The summed E-state index contributed by atoms with van der Waals surface area (Å²) in [5.41, 5.74) is -2.80. The highest BCUT2D eigenvalue weighted by molar-refractivity contribution is 4.90. The largest absolute Gasteiger partial charge is 0.417 e. The Balaban J connectivity index is 2.75. The molecule has 2 atom stereocenters. The number of aliphatic hydroxyl groups is 1. The maximum absolute atomic E-state index is 12.8. The van der Waals surface area contributed by atoms with Crippen LogP contribution in [0, 0.1) is 0 Å². The molecule has 0 aliphatic heterocycles. The lowest BCUT2D eigenvalue weighted by atomic mass is 9.93. The van der Waals surface area contributed by atoms with Crippen LogP contribution >= 0.6 is 0 Å². The van der Waals surface area contributed by atoms with Crippen molar-refractivity contribution in [1.29, 1.82) is 0 Å². The van der Waals surface area contributed by atoms with Gasteiger partial charge in [0, 0.05) is 6.42 Å². The van der Waals surface area contributed by atoms with Crippen molar-refractivity contribution in [2.75, 3.05) is 0 Å². The summed E-state index contributed by atoms with van der Waals surface area (Å²) in [6, 6.07) is 0. The molecule has 78 valence electrons. The van der Waals surface area contributed by atoms with Crippen LogP contribution in [0.2, 0.25) is 0 Å². The third-order valence-electron chi connectivity index (χ3n) is 2.44. The topological polar surface area (TPSA) is 20.2 Å². The van der Waals surface area contributed by atoms with Gasteiger partial charge in [0.05, 0.1) is 0 Å². The van der Waals surface area contributed by atoms with Crippen LogP contribution in [-0.2, 0) is 0 Å². The van der Waals surface area contributed by atoms with E-state index in [1.54, 1.807) is 0 Å². The molecule has 5 heteroatoms. The van der Waals surface area contributed by atoms with E-state index < -0.39 is 24.4 Å². The summed E-state index contributed by atoms with van der Waals surface area (Å²) in [7, 11) is 0. The number of rotatable bonds is 0. The summed E-state index contributed by atoms with van der Waals surface area (Å²) >= 11 is 0. The fourth-order valence-electron chi connectivity index (χ4n) is 1.61. The van der Waals surface area contributed by atoms with Gasteiger partial charge in [-0.25, -0.2) is 4.39 Å². The monoisotopic (exact) mass is 200 g/mol. The Labute approximate surface area is 73.7 Å². The van der Waals surface area contributed by atoms with Gasteiger partial charge in [-0.3, -0.25) is 0 Å². The molecule has 1 N–H and O–H groups in total. The molecule has 2 unspecified atom stereocenters. The van der Waals surface area contributed by atoms with Gasteiger partial charge in [0.1, 0.15) is 6.17 Å². The fourth-order valence-corrected chi connectivity index (χ4v) is 1.61. The molecule has 0 heterocycles. The Hall–Kier alpha value is -0.320. The zero-order valence-corrected chi connectivity index (χ0v) is 7.07. The van der Waals surface area contributed by atoms with Crippen LogP contribution < -0.4 is 0 Å². The second kappa shape index (κ2) is 3.44. The first-order valence-corrected chi connectivity index (χ1v) is 4.28. The number of halogens is 4. The molecule has 0 aromatic rings. The maximum atomic E-state index is 12.8. The molecule has 0 aromatic carbocycles. The Bertz CT molecular complexity index is 179. The highest BCUT2D eigenvalue weighted by Gasteiger charge is 2.54. The fraction of sp³-hybridized carbons (Fsp3) is 1.00. The number of hydrogen-bond acceptors (Lipinski definition) is 1. The first kappa shape index (κ1) is 10.8. The first-order chi connectivity index (χ1) is 5.85. The summed E-state index contributed by atoms with van der Waals surface area (Å²) < 4.78 is 49.6. The van der Waals surface area contributed by atoms with Crippen molar-refractivity contribution in [1.82, 2.24) is 0 Å². The van der Waals surface area contributed by atoms with Gasteiger partial charge >= 0.3 is 6.18 Å². The van der Waals surface area contributed by atoms with Gasteiger partial charge in [-0.05, 0) is 12.8 Å². The van der Waals surface area contributed by atoms with Crippen molar-refractivity contribution >= 4 is 0 Å². The smallest absolute Gasteiger partial charge is 0.380 e. The molecule has 0 saturated heterocycles. The van der Waals surface area contributed by atoms with Crippen molar-refractivity contribution in [2.45, 2.75) is 50.1 Å². The van der Waals surface area contributed by atoms with Gasteiger partial charge in [0.2, 0.25) is 0 Å². The minimum absolute atomic E-state index is 0.123. The molecule has 1 fully saturated rings. The third-order valence-corrected chi connectivity index (χ3v) is 2.44. The lowest BCUT2D eigenvalue weighted by Gasteiger charge is -2.29. The van der Waals surface area contributed by atoms with Gasteiger partial charge in [-0.1, -0.05) is 12.8 Å². The van der Waals surface area contributed by atoms with E-state index in [9.17, 15) is 22.7 Å².